The van der Waals surface area contributed by atoms with Crippen molar-refractivity contribution in [1.82, 2.24) is 4.90 Å². The van der Waals surface area contributed by atoms with Crippen LogP contribution in [0, 0.1) is 0 Å². The largest absolute Gasteiger partial charge is 0.454 e. The Balaban J connectivity index is 1.62. The zero-order chi connectivity index (χ0) is 20.2. The molecule has 2 aliphatic heterocycles. The van der Waals surface area contributed by atoms with Crippen molar-refractivity contribution < 1.29 is 9.47 Å². The van der Waals surface area contributed by atoms with E-state index in [-0.39, 0.29) is 12.6 Å². The molecule has 0 saturated carbocycles. The van der Waals surface area contributed by atoms with E-state index in [2.05, 4.69) is 28.7 Å². The summed E-state index contributed by atoms with van der Waals surface area (Å²) in [5.74, 6) is 2.18. The Labute approximate surface area is 173 Å². The molecule has 0 fully saturated rings. The quantitative estimate of drug-likeness (QED) is 0.790. The molecule has 2 aromatic carbocycles. The van der Waals surface area contributed by atoms with Gasteiger partial charge in [-0.2, -0.15) is 0 Å². The summed E-state index contributed by atoms with van der Waals surface area (Å²) in [6, 6.07) is 16.0. The summed E-state index contributed by atoms with van der Waals surface area (Å²) in [5.41, 5.74) is 13.4. The molecule has 0 radical (unpaired) electrons. The van der Waals surface area contributed by atoms with E-state index in [1.54, 1.807) is 0 Å². The van der Waals surface area contributed by atoms with Crippen LogP contribution in [0.3, 0.4) is 0 Å². The van der Waals surface area contributed by atoms with Gasteiger partial charge < -0.3 is 25.8 Å². The molecule has 2 heterocycles. The first-order valence-electron chi connectivity index (χ1n) is 9.07. The Bertz CT molecular complexity index is 1010. The molecule has 2 aromatic rings. The van der Waals surface area contributed by atoms with Gasteiger partial charge in [-0.3, -0.25) is 0 Å². The standard InChI is InChI=1S/C21H21N5O2S/c1-2-24-20-18(19(22)23)25-21(26(20)11-10-14-6-4-3-5-7-14)29-15-8-9-16-17(12-15)28-13-27-16/h2-9,12H,1,10-11,13,22-23H2/b24-20+. The molecule has 0 aliphatic carbocycles. The molecular formula is C21H21N5O2S. The van der Waals surface area contributed by atoms with Crippen LogP contribution in [0.15, 0.2) is 87.7 Å². The normalized spacial score (nSPS) is 16.3. The fraction of sp³-hybridized carbons (Fsp3) is 0.143. The molecule has 0 unspecified atom stereocenters. The van der Waals surface area contributed by atoms with E-state index >= 15 is 0 Å². The third-order valence-electron chi connectivity index (χ3n) is 4.41. The molecule has 148 valence electrons. The highest BCUT2D eigenvalue weighted by molar-refractivity contribution is 8.13. The number of aliphatic imine (C=N–C) groups is 2. The SMILES string of the molecule is C=C/N=C1\C(=C(N)N)N=C(Sc2ccc3c(c2)OCO3)N1CCc1ccccc1. The minimum Gasteiger partial charge on any atom is -0.454 e. The fourth-order valence-corrected chi connectivity index (χ4v) is 3.98. The first kappa shape index (κ1) is 18.9. The number of rotatable bonds is 5. The number of fused-ring (bicyclic) bond motifs is 1. The summed E-state index contributed by atoms with van der Waals surface area (Å²) in [7, 11) is 0. The molecule has 0 atom stereocenters. The average Bonchev–Trinajstić information content (AvgIpc) is 3.32. The summed E-state index contributed by atoms with van der Waals surface area (Å²) in [4.78, 5) is 12.0. The Kier molecular flexibility index (Phi) is 5.44. The van der Waals surface area contributed by atoms with Crippen LogP contribution in [0.4, 0.5) is 0 Å². The van der Waals surface area contributed by atoms with Crippen LogP contribution in [-0.2, 0) is 6.42 Å². The number of hydrogen-bond acceptors (Lipinski definition) is 7. The van der Waals surface area contributed by atoms with Gasteiger partial charge in [-0.15, -0.1) is 0 Å². The van der Waals surface area contributed by atoms with Gasteiger partial charge >= 0.3 is 0 Å². The lowest BCUT2D eigenvalue weighted by molar-refractivity contribution is 0.174. The Morgan fingerprint density at radius 3 is 2.72 bits per heavy atom. The zero-order valence-electron chi connectivity index (χ0n) is 15.7. The number of benzene rings is 2. The average molecular weight is 407 g/mol. The van der Waals surface area contributed by atoms with Crippen molar-refractivity contribution in [2.45, 2.75) is 11.3 Å². The fourth-order valence-electron chi connectivity index (χ4n) is 3.05. The first-order valence-corrected chi connectivity index (χ1v) is 9.89. The second kappa shape index (κ2) is 8.32. The van der Waals surface area contributed by atoms with Gasteiger partial charge in [-0.25, -0.2) is 9.98 Å². The van der Waals surface area contributed by atoms with E-state index in [9.17, 15) is 0 Å². The molecule has 4 N–H and O–H groups in total. The number of thioether (sulfide) groups is 1. The van der Waals surface area contributed by atoms with Crippen molar-refractivity contribution in [3.63, 3.8) is 0 Å². The van der Waals surface area contributed by atoms with Gasteiger partial charge in [-0.05, 0) is 30.2 Å². The van der Waals surface area contributed by atoms with Crippen molar-refractivity contribution in [3.05, 3.63) is 78.4 Å². The number of hydrogen-bond donors (Lipinski definition) is 2. The third kappa shape index (κ3) is 4.07. The predicted molar refractivity (Wildman–Crippen MR) is 116 cm³/mol. The Hall–Kier alpha value is -3.39. The minimum absolute atomic E-state index is 0.122. The predicted octanol–water partition coefficient (Wildman–Crippen LogP) is 3.05. The van der Waals surface area contributed by atoms with Crippen molar-refractivity contribution >= 4 is 22.8 Å². The molecule has 0 spiro atoms. The van der Waals surface area contributed by atoms with E-state index in [0.717, 1.165) is 28.0 Å². The zero-order valence-corrected chi connectivity index (χ0v) is 16.6. The van der Waals surface area contributed by atoms with Crippen molar-refractivity contribution in [2.75, 3.05) is 13.3 Å². The van der Waals surface area contributed by atoms with Crippen LogP contribution in [0.1, 0.15) is 5.56 Å². The molecule has 4 rings (SSSR count). The van der Waals surface area contributed by atoms with Gasteiger partial charge in [-0.1, -0.05) is 48.7 Å². The molecule has 8 heteroatoms. The Morgan fingerprint density at radius 1 is 1.17 bits per heavy atom. The summed E-state index contributed by atoms with van der Waals surface area (Å²) in [6.07, 6.45) is 2.28. The lowest BCUT2D eigenvalue weighted by Crippen LogP contribution is -2.33. The highest BCUT2D eigenvalue weighted by Crippen LogP contribution is 2.37. The van der Waals surface area contributed by atoms with E-state index in [1.165, 1.54) is 23.5 Å². The van der Waals surface area contributed by atoms with E-state index in [1.807, 2.05) is 41.3 Å². The number of amidine groups is 2. The summed E-state index contributed by atoms with van der Waals surface area (Å²) < 4.78 is 10.9. The topological polar surface area (TPSA) is 98.5 Å². The van der Waals surface area contributed by atoms with E-state index in [0.29, 0.717) is 18.1 Å². The minimum atomic E-state index is 0.122. The van der Waals surface area contributed by atoms with E-state index < -0.39 is 0 Å². The Morgan fingerprint density at radius 2 is 1.97 bits per heavy atom. The lowest BCUT2D eigenvalue weighted by Gasteiger charge is -2.20. The van der Waals surface area contributed by atoms with Gasteiger partial charge in [0.05, 0.1) is 0 Å². The van der Waals surface area contributed by atoms with Gasteiger partial charge in [0.15, 0.2) is 22.5 Å². The number of nitrogens with two attached hydrogens (primary N) is 2. The molecule has 0 saturated heterocycles. The molecule has 0 amide bonds. The maximum Gasteiger partial charge on any atom is 0.231 e. The van der Waals surface area contributed by atoms with Crippen LogP contribution < -0.4 is 20.9 Å². The molecular weight excluding hydrogens is 386 g/mol. The van der Waals surface area contributed by atoms with Gasteiger partial charge in [0, 0.05) is 17.6 Å². The van der Waals surface area contributed by atoms with Crippen molar-refractivity contribution in [3.8, 4) is 11.5 Å². The maximum atomic E-state index is 5.88. The molecule has 7 nitrogen and oxygen atoms in total. The van der Waals surface area contributed by atoms with Gasteiger partial charge in [0.2, 0.25) is 6.79 Å². The second-order valence-corrected chi connectivity index (χ2v) is 7.38. The summed E-state index contributed by atoms with van der Waals surface area (Å²) in [5, 5.41) is 0.740. The van der Waals surface area contributed by atoms with Gasteiger partial charge in [0.25, 0.3) is 0 Å². The summed E-state index contributed by atoms with van der Waals surface area (Å²) in [6.45, 7) is 4.62. The van der Waals surface area contributed by atoms with E-state index in [4.69, 9.17) is 20.9 Å². The lowest BCUT2D eigenvalue weighted by atomic mass is 10.1. The van der Waals surface area contributed by atoms with Crippen molar-refractivity contribution in [1.29, 1.82) is 0 Å². The molecule has 0 aromatic heterocycles. The highest BCUT2D eigenvalue weighted by atomic mass is 32.2. The smallest absolute Gasteiger partial charge is 0.231 e. The van der Waals surface area contributed by atoms with Crippen LogP contribution >= 0.6 is 11.8 Å². The monoisotopic (exact) mass is 407 g/mol. The second-order valence-electron chi connectivity index (χ2n) is 6.34. The highest BCUT2D eigenvalue weighted by Gasteiger charge is 2.30. The van der Waals surface area contributed by atoms with Crippen LogP contribution in [0.2, 0.25) is 0 Å². The molecule has 2 aliphatic rings. The van der Waals surface area contributed by atoms with Gasteiger partial charge in [0.1, 0.15) is 11.5 Å². The molecule has 0 bridgehead atoms. The van der Waals surface area contributed by atoms with Crippen LogP contribution in [0.25, 0.3) is 0 Å². The maximum absolute atomic E-state index is 5.88. The summed E-state index contributed by atoms with van der Waals surface area (Å²) >= 11 is 1.49. The third-order valence-corrected chi connectivity index (χ3v) is 5.40. The van der Waals surface area contributed by atoms with Crippen LogP contribution in [-0.4, -0.2) is 29.2 Å². The van der Waals surface area contributed by atoms with Crippen molar-refractivity contribution in [2.24, 2.45) is 21.5 Å². The first-order chi connectivity index (χ1) is 14.2. The van der Waals surface area contributed by atoms with Crippen LogP contribution in [0.5, 0.6) is 11.5 Å². The number of ether oxygens (including phenoxy) is 2. The number of nitrogens with zero attached hydrogens (tertiary/aromatic N) is 3. The molecule has 29 heavy (non-hydrogen) atoms.